The molecule has 0 radical (unpaired) electrons. The smallest absolute Gasteiger partial charge is 0.290 e. The molecule has 2 aromatic heterocycles. The highest BCUT2D eigenvalue weighted by molar-refractivity contribution is 5.97. The Balaban J connectivity index is 0.000000764. The van der Waals surface area contributed by atoms with Gasteiger partial charge in [-0.2, -0.15) is 15.4 Å². The number of carbonyl (C=O) groups is 3. The summed E-state index contributed by atoms with van der Waals surface area (Å²) in [6.45, 7) is 4.44. The summed E-state index contributed by atoms with van der Waals surface area (Å²) in [5.41, 5.74) is 4.22. The molecule has 1 saturated carbocycles. The maximum atomic E-state index is 13.3. The molecule has 3 N–H and O–H groups in total. The molecular weight excluding hydrogens is 438 g/mol. The second-order valence-corrected chi connectivity index (χ2v) is 9.20. The number of hydrogen-bond donors (Lipinski definition) is 3. The topological polar surface area (TPSA) is 148 Å². The summed E-state index contributed by atoms with van der Waals surface area (Å²) in [5.74, 6) is 1.98. The first kappa shape index (κ1) is 22.1. The van der Waals surface area contributed by atoms with Gasteiger partial charge in [0.15, 0.2) is 0 Å². The lowest BCUT2D eigenvalue weighted by Crippen LogP contribution is -2.57. The molecule has 6 rings (SSSR count). The number of carbonyl (C=O) groups excluding carboxylic acids is 2. The van der Waals surface area contributed by atoms with Gasteiger partial charge in [-0.1, -0.05) is 0 Å². The van der Waals surface area contributed by atoms with E-state index in [1.54, 1.807) is 12.1 Å². The number of aromatic nitrogens is 5. The molecule has 11 nitrogen and oxygen atoms in total. The fourth-order valence-electron chi connectivity index (χ4n) is 5.57. The fourth-order valence-corrected chi connectivity index (χ4v) is 5.57. The number of nitrogens with one attached hydrogen (secondary N) is 2. The van der Waals surface area contributed by atoms with Gasteiger partial charge in [0.05, 0.1) is 17.9 Å². The molecule has 1 aromatic carbocycles. The van der Waals surface area contributed by atoms with Crippen LogP contribution in [0.5, 0.6) is 0 Å². The molecule has 34 heavy (non-hydrogen) atoms. The number of hydrogen-bond acceptors (Lipinski definition) is 6. The number of fused-ring (bicyclic) bond motifs is 3. The second-order valence-electron chi connectivity index (χ2n) is 9.20. The Morgan fingerprint density at radius 1 is 1.18 bits per heavy atom. The van der Waals surface area contributed by atoms with E-state index >= 15 is 0 Å². The Bertz CT molecular complexity index is 1240. The lowest BCUT2D eigenvalue weighted by molar-refractivity contribution is -0.148. The number of piperidine rings is 1. The van der Waals surface area contributed by atoms with Gasteiger partial charge in [-0.3, -0.25) is 14.4 Å². The molecule has 2 aliphatic heterocycles. The Hall–Kier alpha value is -3.76. The largest absolute Gasteiger partial charge is 0.483 e. The van der Waals surface area contributed by atoms with Crippen LogP contribution in [0.15, 0.2) is 18.2 Å². The number of aromatic amines is 2. The summed E-state index contributed by atoms with van der Waals surface area (Å²) >= 11 is 0. The molecule has 2 amide bonds. The van der Waals surface area contributed by atoms with Gasteiger partial charge in [0.1, 0.15) is 16.9 Å². The highest BCUT2D eigenvalue weighted by Gasteiger charge is 2.49. The number of H-pyrrole nitrogens is 2. The van der Waals surface area contributed by atoms with Crippen LogP contribution >= 0.6 is 0 Å². The minimum absolute atomic E-state index is 0.0111. The van der Waals surface area contributed by atoms with E-state index in [-0.39, 0.29) is 30.1 Å². The number of imidazole rings is 1. The van der Waals surface area contributed by atoms with Crippen LogP contribution in [0.3, 0.4) is 0 Å². The molecule has 11 heteroatoms. The average Bonchev–Trinajstić information content (AvgIpc) is 3.44. The molecule has 1 saturated heterocycles. The minimum Gasteiger partial charge on any atom is -0.483 e. The van der Waals surface area contributed by atoms with Gasteiger partial charge in [0, 0.05) is 37.5 Å². The first-order valence-corrected chi connectivity index (χ1v) is 11.5. The highest BCUT2D eigenvalue weighted by Crippen LogP contribution is 2.47. The van der Waals surface area contributed by atoms with E-state index in [2.05, 4.69) is 25.4 Å². The van der Waals surface area contributed by atoms with Gasteiger partial charge in [-0.05, 0) is 49.8 Å². The number of nitrogens with zero attached hydrogens (tertiary/aromatic N) is 5. The molecule has 2 fully saturated rings. The van der Waals surface area contributed by atoms with Crippen LogP contribution in [0.4, 0.5) is 0 Å². The van der Waals surface area contributed by atoms with Crippen molar-refractivity contribution in [1.29, 1.82) is 0 Å². The van der Waals surface area contributed by atoms with E-state index < -0.39 is 0 Å². The van der Waals surface area contributed by atoms with E-state index in [9.17, 15) is 9.59 Å². The van der Waals surface area contributed by atoms with Gasteiger partial charge in [0.25, 0.3) is 12.4 Å². The summed E-state index contributed by atoms with van der Waals surface area (Å²) < 4.78 is 0. The lowest BCUT2D eigenvalue weighted by atomic mass is 9.61. The molecule has 178 valence electrons. The predicted octanol–water partition coefficient (Wildman–Crippen LogP) is 1.37. The van der Waals surface area contributed by atoms with E-state index in [0.29, 0.717) is 30.1 Å². The molecule has 3 aromatic rings. The Morgan fingerprint density at radius 3 is 2.79 bits per heavy atom. The average molecular weight is 466 g/mol. The van der Waals surface area contributed by atoms with Crippen molar-refractivity contribution in [2.75, 3.05) is 19.6 Å². The molecule has 0 bridgehead atoms. The SMILES string of the molecule is Cc1nc2c([nH]1)CN(C(=O)[C@@H]1C[C@H]3CCN(C(=O)c4ccc5n[nH]nc5c4)C[C@H]31)CC2.O=CO. The van der Waals surface area contributed by atoms with Crippen molar-refractivity contribution in [3.63, 3.8) is 0 Å². The van der Waals surface area contributed by atoms with E-state index in [0.717, 1.165) is 55.1 Å². The van der Waals surface area contributed by atoms with E-state index in [4.69, 9.17) is 9.90 Å². The van der Waals surface area contributed by atoms with Crippen LogP contribution in [0.25, 0.3) is 11.0 Å². The van der Waals surface area contributed by atoms with Gasteiger partial charge in [-0.15, -0.1) is 0 Å². The molecule has 1 aliphatic carbocycles. The summed E-state index contributed by atoms with van der Waals surface area (Å²) in [7, 11) is 0. The number of amides is 2. The van der Waals surface area contributed by atoms with Gasteiger partial charge >= 0.3 is 0 Å². The monoisotopic (exact) mass is 465 g/mol. The predicted molar refractivity (Wildman–Crippen MR) is 121 cm³/mol. The molecule has 3 atom stereocenters. The number of rotatable bonds is 2. The zero-order valence-electron chi connectivity index (χ0n) is 18.9. The Morgan fingerprint density at radius 2 is 1.97 bits per heavy atom. The summed E-state index contributed by atoms with van der Waals surface area (Å²) in [5, 5.41) is 17.6. The molecule has 3 aliphatic rings. The molecule has 0 unspecified atom stereocenters. The summed E-state index contributed by atoms with van der Waals surface area (Å²) in [6.07, 6.45) is 2.72. The van der Waals surface area contributed by atoms with Gasteiger partial charge in [0.2, 0.25) is 5.91 Å². The van der Waals surface area contributed by atoms with Crippen LogP contribution in [0.2, 0.25) is 0 Å². The van der Waals surface area contributed by atoms with E-state index in [1.807, 2.05) is 22.8 Å². The second kappa shape index (κ2) is 8.88. The molecule has 0 spiro atoms. The standard InChI is InChI=1S/C22H25N7O2.CH2O2/c1-12-23-17-5-7-29(11-20(17)24-12)22(31)15-8-13-4-6-28(10-16(13)15)21(30)14-2-3-18-19(9-14)26-27-25-18;2-1-3/h2-3,9,13,15-16H,4-8,10-11H2,1H3,(H,23,24)(H,25,26,27);1H,(H,2,3)/t13-,15-,16-;/m1./s1. The van der Waals surface area contributed by atoms with Crippen molar-refractivity contribution in [2.45, 2.75) is 32.7 Å². The third-order valence-corrected chi connectivity index (χ3v) is 7.31. The first-order valence-electron chi connectivity index (χ1n) is 11.5. The normalized spacial score (nSPS) is 23.3. The quantitative estimate of drug-likeness (QED) is 0.484. The zero-order valence-corrected chi connectivity index (χ0v) is 18.9. The van der Waals surface area contributed by atoms with Crippen LogP contribution in [0.1, 0.15) is 40.4 Å². The number of benzene rings is 1. The molecule has 4 heterocycles. The highest BCUT2D eigenvalue weighted by atomic mass is 16.3. The summed E-state index contributed by atoms with van der Waals surface area (Å²) in [6, 6.07) is 5.41. The van der Waals surface area contributed by atoms with Crippen LogP contribution in [0, 0.1) is 24.7 Å². The van der Waals surface area contributed by atoms with Crippen LogP contribution < -0.4 is 0 Å². The summed E-state index contributed by atoms with van der Waals surface area (Å²) in [4.78, 5) is 46.5. The third-order valence-electron chi connectivity index (χ3n) is 7.31. The Labute approximate surface area is 195 Å². The number of carboxylic acid groups (broad SMARTS) is 1. The van der Waals surface area contributed by atoms with Crippen molar-refractivity contribution in [2.24, 2.45) is 17.8 Å². The van der Waals surface area contributed by atoms with Crippen molar-refractivity contribution in [3.05, 3.63) is 41.0 Å². The Kier molecular flexibility index (Phi) is 5.76. The van der Waals surface area contributed by atoms with Crippen LogP contribution in [-0.4, -0.2) is 78.2 Å². The van der Waals surface area contributed by atoms with Crippen molar-refractivity contribution < 1.29 is 19.5 Å². The maximum Gasteiger partial charge on any atom is 0.290 e. The van der Waals surface area contributed by atoms with Crippen molar-refractivity contribution >= 4 is 29.3 Å². The maximum absolute atomic E-state index is 13.3. The number of likely N-dealkylation sites (tertiary alicyclic amines) is 1. The van der Waals surface area contributed by atoms with Crippen molar-refractivity contribution in [3.8, 4) is 0 Å². The first-order chi connectivity index (χ1) is 16.5. The van der Waals surface area contributed by atoms with E-state index in [1.165, 1.54) is 0 Å². The third kappa shape index (κ3) is 3.91. The van der Waals surface area contributed by atoms with Crippen molar-refractivity contribution in [1.82, 2.24) is 35.2 Å². The lowest BCUT2D eigenvalue weighted by Gasteiger charge is -2.51. The van der Waals surface area contributed by atoms with Crippen LogP contribution in [-0.2, 0) is 22.6 Å². The molecular formula is C23H27N7O4. The fraction of sp³-hybridized carbons (Fsp3) is 0.478. The van der Waals surface area contributed by atoms with Gasteiger partial charge in [-0.25, -0.2) is 4.98 Å². The van der Waals surface area contributed by atoms with Gasteiger partial charge < -0.3 is 19.9 Å². The zero-order chi connectivity index (χ0) is 23.8. The minimum atomic E-state index is -0.250. The number of aryl methyl sites for hydroxylation is 1.